The Balaban J connectivity index is 1.40. The van der Waals surface area contributed by atoms with Gasteiger partial charge in [-0.15, -0.1) is 0 Å². The van der Waals surface area contributed by atoms with E-state index in [-0.39, 0.29) is 34.6 Å². The lowest BCUT2D eigenvalue weighted by Crippen LogP contribution is -2.44. The maximum Gasteiger partial charge on any atom is 0.227 e. The Hall–Kier alpha value is -3.73. The van der Waals surface area contributed by atoms with E-state index in [2.05, 4.69) is 20.2 Å². The van der Waals surface area contributed by atoms with Gasteiger partial charge in [-0.25, -0.2) is 23.1 Å². The van der Waals surface area contributed by atoms with Crippen molar-refractivity contribution in [2.24, 2.45) is 0 Å². The number of benzene rings is 2. The smallest absolute Gasteiger partial charge is 0.227 e. The van der Waals surface area contributed by atoms with Gasteiger partial charge in [-0.1, -0.05) is 0 Å². The van der Waals surface area contributed by atoms with E-state index >= 15 is 0 Å². The highest BCUT2D eigenvalue weighted by molar-refractivity contribution is 5.60. The first-order chi connectivity index (χ1) is 16.9. The van der Waals surface area contributed by atoms with Gasteiger partial charge in [-0.05, 0) is 25.2 Å². The number of ether oxygens (including phenoxy) is 3. The molecule has 0 spiro atoms. The van der Waals surface area contributed by atoms with Crippen molar-refractivity contribution in [1.82, 2.24) is 14.9 Å². The number of rotatable bonds is 8. The van der Waals surface area contributed by atoms with Gasteiger partial charge in [0.25, 0.3) is 0 Å². The summed E-state index contributed by atoms with van der Waals surface area (Å²) in [5.41, 5.74) is 0.697. The Morgan fingerprint density at radius 3 is 2.11 bits per heavy atom. The Morgan fingerprint density at radius 2 is 1.54 bits per heavy atom. The third kappa shape index (κ3) is 5.51. The molecule has 1 N–H and O–H groups in total. The highest BCUT2D eigenvalue weighted by atomic mass is 19.1. The van der Waals surface area contributed by atoms with E-state index in [0.717, 1.165) is 32.2 Å². The third-order valence-electron chi connectivity index (χ3n) is 5.72. The standard InChI is InChI=1S/C24H26F3N5O3/c1-31-6-8-32(9-7-31)19-5-4-15(10-18(19)25)30-24-28-12-16(13-29-24)35-14-17-22(26)20(33-2)11-21(34-3)23(17)27/h4-5,10-13H,6-9,14H2,1-3H3,(H,28,29,30). The van der Waals surface area contributed by atoms with Crippen LogP contribution in [0.4, 0.5) is 30.5 Å². The fourth-order valence-corrected chi connectivity index (χ4v) is 3.69. The third-order valence-corrected chi connectivity index (χ3v) is 5.72. The zero-order valence-corrected chi connectivity index (χ0v) is 19.6. The van der Waals surface area contributed by atoms with Crippen LogP contribution in [0.1, 0.15) is 5.56 Å². The van der Waals surface area contributed by atoms with Crippen LogP contribution in [0.5, 0.6) is 17.2 Å². The molecule has 186 valence electrons. The highest BCUT2D eigenvalue weighted by Crippen LogP contribution is 2.32. The van der Waals surface area contributed by atoms with E-state index in [9.17, 15) is 13.2 Å². The number of anilines is 3. The summed E-state index contributed by atoms with van der Waals surface area (Å²) in [5, 5.41) is 2.93. The molecule has 1 aliphatic rings. The summed E-state index contributed by atoms with van der Waals surface area (Å²) in [7, 11) is 4.58. The van der Waals surface area contributed by atoms with Crippen molar-refractivity contribution in [3.63, 3.8) is 0 Å². The molecule has 2 heterocycles. The van der Waals surface area contributed by atoms with Gasteiger partial charge in [0.2, 0.25) is 5.95 Å². The van der Waals surface area contributed by atoms with Crippen LogP contribution in [0, 0.1) is 17.5 Å². The maximum absolute atomic E-state index is 14.7. The molecule has 0 atom stereocenters. The van der Waals surface area contributed by atoms with Crippen LogP contribution in [0.25, 0.3) is 0 Å². The minimum Gasteiger partial charge on any atom is -0.494 e. The molecule has 8 nitrogen and oxygen atoms in total. The molecule has 1 fully saturated rings. The monoisotopic (exact) mass is 489 g/mol. The van der Waals surface area contributed by atoms with Crippen molar-refractivity contribution in [3.8, 4) is 17.2 Å². The Bertz CT molecular complexity index is 1140. The van der Waals surface area contributed by atoms with Crippen molar-refractivity contribution >= 4 is 17.3 Å². The number of halogens is 3. The fraction of sp³-hybridized carbons (Fsp3) is 0.333. The number of nitrogens with zero attached hydrogens (tertiary/aromatic N) is 4. The number of hydrogen-bond acceptors (Lipinski definition) is 8. The molecule has 4 rings (SSSR count). The second kappa shape index (κ2) is 10.7. The summed E-state index contributed by atoms with van der Waals surface area (Å²) in [6, 6.07) is 6.00. The molecular formula is C24H26F3N5O3. The molecule has 35 heavy (non-hydrogen) atoms. The first-order valence-electron chi connectivity index (χ1n) is 10.9. The summed E-state index contributed by atoms with van der Waals surface area (Å²) in [6.45, 7) is 2.86. The van der Waals surface area contributed by atoms with Crippen LogP contribution >= 0.6 is 0 Å². The quantitative estimate of drug-likeness (QED) is 0.510. The highest BCUT2D eigenvalue weighted by Gasteiger charge is 2.21. The van der Waals surface area contributed by atoms with Gasteiger partial charge < -0.3 is 29.3 Å². The zero-order chi connectivity index (χ0) is 24.9. The summed E-state index contributed by atoms with van der Waals surface area (Å²) >= 11 is 0. The van der Waals surface area contributed by atoms with Crippen LogP contribution in [0.2, 0.25) is 0 Å². The van der Waals surface area contributed by atoms with E-state index in [1.165, 1.54) is 32.7 Å². The topological polar surface area (TPSA) is 72.0 Å². The Morgan fingerprint density at radius 1 is 0.914 bits per heavy atom. The molecule has 0 bridgehead atoms. The average Bonchev–Trinajstić information content (AvgIpc) is 2.86. The van der Waals surface area contributed by atoms with Gasteiger partial charge in [-0.2, -0.15) is 0 Å². The molecule has 0 unspecified atom stereocenters. The second-order valence-corrected chi connectivity index (χ2v) is 8.00. The van der Waals surface area contributed by atoms with Crippen LogP contribution in [0.15, 0.2) is 36.7 Å². The number of likely N-dealkylation sites (N-methyl/N-ethyl adjacent to an activating group) is 1. The number of piperazine rings is 1. The number of hydrogen-bond donors (Lipinski definition) is 1. The number of aromatic nitrogens is 2. The van der Waals surface area contributed by atoms with Gasteiger partial charge in [-0.3, -0.25) is 0 Å². The van der Waals surface area contributed by atoms with E-state index < -0.39 is 18.2 Å². The van der Waals surface area contributed by atoms with Crippen molar-refractivity contribution < 1.29 is 27.4 Å². The van der Waals surface area contributed by atoms with Gasteiger partial charge in [0.05, 0.1) is 37.9 Å². The Labute approximate surface area is 201 Å². The lowest BCUT2D eigenvalue weighted by Gasteiger charge is -2.34. The van der Waals surface area contributed by atoms with E-state index in [1.807, 2.05) is 11.9 Å². The SMILES string of the molecule is COc1cc(OC)c(F)c(COc2cnc(Nc3ccc(N4CCN(C)CC4)c(F)c3)nc2)c1F. The lowest BCUT2D eigenvalue weighted by atomic mass is 10.1. The molecule has 3 aromatic rings. The molecular weight excluding hydrogens is 463 g/mol. The normalized spacial score (nSPS) is 14.1. The molecule has 0 amide bonds. The molecule has 0 saturated carbocycles. The Kier molecular flexibility index (Phi) is 7.45. The van der Waals surface area contributed by atoms with Crippen molar-refractivity contribution in [3.05, 3.63) is 59.7 Å². The van der Waals surface area contributed by atoms with E-state index in [1.54, 1.807) is 12.1 Å². The summed E-state index contributed by atoms with van der Waals surface area (Å²) in [4.78, 5) is 12.5. The predicted molar refractivity (Wildman–Crippen MR) is 125 cm³/mol. The van der Waals surface area contributed by atoms with Gasteiger partial charge in [0, 0.05) is 37.9 Å². The molecule has 0 radical (unpaired) electrons. The van der Waals surface area contributed by atoms with Crippen molar-refractivity contribution in [2.75, 3.05) is 57.7 Å². The fourth-order valence-electron chi connectivity index (χ4n) is 3.69. The van der Waals surface area contributed by atoms with Crippen LogP contribution in [-0.4, -0.2) is 62.3 Å². The lowest BCUT2D eigenvalue weighted by molar-refractivity contribution is 0.280. The summed E-state index contributed by atoms with van der Waals surface area (Å²) in [5.74, 6) is -2.03. The van der Waals surface area contributed by atoms with Gasteiger partial charge in [0.15, 0.2) is 28.9 Å². The number of nitrogens with one attached hydrogen (secondary N) is 1. The largest absolute Gasteiger partial charge is 0.494 e. The van der Waals surface area contributed by atoms with Crippen LogP contribution in [0.3, 0.4) is 0 Å². The van der Waals surface area contributed by atoms with E-state index in [4.69, 9.17) is 14.2 Å². The average molecular weight is 489 g/mol. The van der Waals surface area contributed by atoms with Crippen molar-refractivity contribution in [1.29, 1.82) is 0 Å². The molecule has 1 saturated heterocycles. The first kappa shape index (κ1) is 24.4. The second-order valence-electron chi connectivity index (χ2n) is 8.00. The molecule has 1 aliphatic heterocycles. The maximum atomic E-state index is 14.7. The molecule has 0 aliphatic carbocycles. The minimum absolute atomic E-state index is 0.163. The summed E-state index contributed by atoms with van der Waals surface area (Å²) < 4.78 is 59.0. The van der Waals surface area contributed by atoms with Gasteiger partial charge >= 0.3 is 0 Å². The van der Waals surface area contributed by atoms with Crippen molar-refractivity contribution in [2.45, 2.75) is 6.61 Å². The first-order valence-corrected chi connectivity index (χ1v) is 10.9. The molecule has 1 aromatic heterocycles. The number of methoxy groups -OCH3 is 2. The molecule has 11 heteroatoms. The predicted octanol–water partition coefficient (Wildman–Crippen LogP) is 3.99. The van der Waals surface area contributed by atoms with Crippen LogP contribution in [-0.2, 0) is 6.61 Å². The zero-order valence-electron chi connectivity index (χ0n) is 19.6. The molecule has 2 aromatic carbocycles. The summed E-state index contributed by atoms with van der Waals surface area (Å²) in [6.07, 6.45) is 2.69. The minimum atomic E-state index is -0.882. The van der Waals surface area contributed by atoms with Gasteiger partial charge in [0.1, 0.15) is 12.4 Å². The van der Waals surface area contributed by atoms with Crippen LogP contribution < -0.4 is 24.4 Å². The van der Waals surface area contributed by atoms with E-state index in [0.29, 0.717) is 11.4 Å².